The van der Waals surface area contributed by atoms with Crippen LogP contribution in [0.2, 0.25) is 0 Å². The van der Waals surface area contributed by atoms with E-state index in [4.69, 9.17) is 10.5 Å². The van der Waals surface area contributed by atoms with Crippen molar-refractivity contribution in [2.24, 2.45) is 10.7 Å². The number of guanidine groups is 1. The highest BCUT2D eigenvalue weighted by Gasteiger charge is 2.20. The fourth-order valence-corrected chi connectivity index (χ4v) is 3.05. The number of ether oxygens (including phenoxy) is 1. The van der Waals surface area contributed by atoms with E-state index in [1.54, 1.807) is 12.4 Å². The fourth-order valence-electron chi connectivity index (χ4n) is 3.05. The van der Waals surface area contributed by atoms with E-state index in [0.29, 0.717) is 12.1 Å². The molecule has 8 heteroatoms. The molecule has 2 aliphatic rings. The van der Waals surface area contributed by atoms with E-state index >= 15 is 0 Å². The fraction of sp³-hybridized carbons (Fsp3) is 0.688. The van der Waals surface area contributed by atoms with E-state index in [-0.39, 0.29) is 24.0 Å². The molecule has 1 atom stereocenters. The summed E-state index contributed by atoms with van der Waals surface area (Å²) in [5, 5.41) is 0. The number of nitrogens with zero attached hydrogens (tertiary/aromatic N) is 5. The molecule has 2 aliphatic heterocycles. The summed E-state index contributed by atoms with van der Waals surface area (Å²) in [4.78, 5) is 17.4. The smallest absolute Gasteiger partial charge is 0.225 e. The molecule has 1 unspecified atom stereocenters. The highest BCUT2D eigenvalue weighted by Crippen LogP contribution is 2.15. The lowest BCUT2D eigenvalue weighted by Crippen LogP contribution is -2.51. The van der Waals surface area contributed by atoms with Crippen LogP contribution in [0.1, 0.15) is 25.7 Å². The standard InChI is InChI=1S/C16H26N6O.HI/c17-15(18-8-5-14-4-1-2-13-23-14)21-9-11-22(12-10-21)16-19-6-3-7-20-16;/h3,6-7,14H,1-2,4-5,8-13H2,(H2,17,18);1H. The van der Waals surface area contributed by atoms with Crippen molar-refractivity contribution in [1.29, 1.82) is 0 Å². The molecule has 1 aromatic heterocycles. The summed E-state index contributed by atoms with van der Waals surface area (Å²) in [7, 11) is 0. The van der Waals surface area contributed by atoms with Gasteiger partial charge in [-0.25, -0.2) is 9.97 Å². The number of halogens is 1. The van der Waals surface area contributed by atoms with Crippen LogP contribution in [0.5, 0.6) is 0 Å². The highest BCUT2D eigenvalue weighted by atomic mass is 127. The van der Waals surface area contributed by atoms with Crippen molar-refractivity contribution in [2.45, 2.75) is 31.8 Å². The number of aliphatic imine (C=N–C) groups is 1. The van der Waals surface area contributed by atoms with Gasteiger partial charge in [0.1, 0.15) is 0 Å². The monoisotopic (exact) mass is 446 g/mol. The molecule has 2 saturated heterocycles. The van der Waals surface area contributed by atoms with Gasteiger partial charge < -0.3 is 20.3 Å². The molecule has 0 saturated carbocycles. The molecule has 0 aliphatic carbocycles. The zero-order chi connectivity index (χ0) is 15.9. The van der Waals surface area contributed by atoms with Gasteiger partial charge in [0.2, 0.25) is 5.95 Å². The lowest BCUT2D eigenvalue weighted by atomic mass is 10.1. The van der Waals surface area contributed by atoms with Crippen molar-refractivity contribution < 1.29 is 4.74 Å². The van der Waals surface area contributed by atoms with E-state index < -0.39 is 0 Å². The topological polar surface area (TPSA) is 79.9 Å². The minimum Gasteiger partial charge on any atom is -0.378 e. The largest absolute Gasteiger partial charge is 0.378 e. The number of anilines is 1. The second kappa shape index (κ2) is 9.97. The second-order valence-corrected chi connectivity index (χ2v) is 6.04. The number of hydrogen-bond donors (Lipinski definition) is 1. The maximum absolute atomic E-state index is 6.13. The van der Waals surface area contributed by atoms with Gasteiger partial charge in [-0.3, -0.25) is 4.99 Å². The maximum Gasteiger partial charge on any atom is 0.225 e. The Balaban J connectivity index is 0.00000208. The van der Waals surface area contributed by atoms with Crippen molar-refractivity contribution in [3.05, 3.63) is 18.5 Å². The quantitative estimate of drug-likeness (QED) is 0.429. The molecule has 0 spiro atoms. The molecule has 0 amide bonds. The lowest BCUT2D eigenvalue weighted by molar-refractivity contribution is 0.0129. The van der Waals surface area contributed by atoms with Crippen LogP contribution in [-0.4, -0.2) is 66.3 Å². The number of aromatic nitrogens is 2. The number of piperazine rings is 1. The molecule has 1 aromatic rings. The van der Waals surface area contributed by atoms with Gasteiger partial charge in [0, 0.05) is 51.7 Å². The van der Waals surface area contributed by atoms with Crippen molar-refractivity contribution in [2.75, 3.05) is 44.2 Å². The number of hydrogen-bond acceptors (Lipinski definition) is 5. The van der Waals surface area contributed by atoms with Gasteiger partial charge >= 0.3 is 0 Å². The second-order valence-electron chi connectivity index (χ2n) is 6.04. The Hall–Kier alpha value is -1.16. The molecule has 7 nitrogen and oxygen atoms in total. The normalized spacial score (nSPS) is 22.2. The van der Waals surface area contributed by atoms with Crippen LogP contribution < -0.4 is 10.6 Å². The van der Waals surface area contributed by atoms with Gasteiger partial charge in [0.25, 0.3) is 0 Å². The van der Waals surface area contributed by atoms with Crippen molar-refractivity contribution in [3.63, 3.8) is 0 Å². The molecule has 0 aromatic carbocycles. The summed E-state index contributed by atoms with van der Waals surface area (Å²) in [6.07, 6.45) is 8.51. The first-order valence-electron chi connectivity index (χ1n) is 8.51. The highest BCUT2D eigenvalue weighted by molar-refractivity contribution is 14.0. The molecule has 3 heterocycles. The molecule has 2 fully saturated rings. The Kier molecular flexibility index (Phi) is 7.97. The average molecular weight is 446 g/mol. The minimum absolute atomic E-state index is 0. The lowest BCUT2D eigenvalue weighted by Gasteiger charge is -2.35. The van der Waals surface area contributed by atoms with Crippen LogP contribution in [0.25, 0.3) is 0 Å². The summed E-state index contributed by atoms with van der Waals surface area (Å²) in [6.45, 7) is 5.09. The van der Waals surface area contributed by atoms with Gasteiger partial charge in [0.15, 0.2) is 5.96 Å². The Labute approximate surface area is 160 Å². The van der Waals surface area contributed by atoms with Gasteiger partial charge in [0.05, 0.1) is 6.10 Å². The first-order valence-corrected chi connectivity index (χ1v) is 8.51. The van der Waals surface area contributed by atoms with Gasteiger partial charge in [-0.15, -0.1) is 24.0 Å². The molecule has 0 bridgehead atoms. The van der Waals surface area contributed by atoms with Crippen LogP contribution in [0.4, 0.5) is 5.95 Å². The molecule has 3 rings (SSSR count). The Bertz CT molecular complexity index is 501. The third kappa shape index (κ3) is 5.44. The van der Waals surface area contributed by atoms with Gasteiger partial charge in [-0.1, -0.05) is 0 Å². The SMILES string of the molecule is I.NC(=NCCC1CCCCO1)N1CCN(c2ncccn2)CC1. The molecule has 0 radical (unpaired) electrons. The van der Waals surface area contributed by atoms with Crippen molar-refractivity contribution in [3.8, 4) is 0 Å². The minimum atomic E-state index is 0. The van der Waals surface area contributed by atoms with E-state index in [1.165, 1.54) is 12.8 Å². The van der Waals surface area contributed by atoms with E-state index in [1.807, 2.05) is 6.07 Å². The van der Waals surface area contributed by atoms with Crippen LogP contribution in [0.15, 0.2) is 23.5 Å². The van der Waals surface area contributed by atoms with Crippen molar-refractivity contribution >= 4 is 35.9 Å². The number of rotatable bonds is 4. The predicted octanol–water partition coefficient (Wildman–Crippen LogP) is 1.49. The summed E-state index contributed by atoms with van der Waals surface area (Å²) in [6, 6.07) is 1.83. The average Bonchev–Trinajstić information content (AvgIpc) is 2.63. The first-order chi connectivity index (χ1) is 11.3. The van der Waals surface area contributed by atoms with Crippen molar-refractivity contribution in [1.82, 2.24) is 14.9 Å². The van der Waals surface area contributed by atoms with Gasteiger partial charge in [-0.05, 0) is 31.7 Å². The molecular formula is C16H27IN6O. The predicted molar refractivity (Wildman–Crippen MR) is 106 cm³/mol. The zero-order valence-electron chi connectivity index (χ0n) is 14.0. The van der Waals surface area contributed by atoms with Crippen LogP contribution >= 0.6 is 24.0 Å². The molecule has 2 N–H and O–H groups in total. The third-order valence-electron chi connectivity index (χ3n) is 4.44. The van der Waals surface area contributed by atoms with Crippen LogP contribution in [-0.2, 0) is 4.74 Å². The first kappa shape index (κ1) is 19.2. The molecule has 24 heavy (non-hydrogen) atoms. The Morgan fingerprint density at radius 1 is 1.21 bits per heavy atom. The van der Waals surface area contributed by atoms with E-state index in [9.17, 15) is 0 Å². The zero-order valence-corrected chi connectivity index (χ0v) is 16.3. The van der Waals surface area contributed by atoms with Crippen LogP contribution in [0.3, 0.4) is 0 Å². The summed E-state index contributed by atoms with van der Waals surface area (Å²) in [5.74, 6) is 1.44. The summed E-state index contributed by atoms with van der Waals surface area (Å²) in [5.41, 5.74) is 6.13. The Morgan fingerprint density at radius 2 is 1.96 bits per heavy atom. The van der Waals surface area contributed by atoms with E-state index in [0.717, 1.165) is 58.1 Å². The summed E-state index contributed by atoms with van der Waals surface area (Å²) >= 11 is 0. The third-order valence-corrected chi connectivity index (χ3v) is 4.44. The number of nitrogens with two attached hydrogens (primary N) is 1. The van der Waals surface area contributed by atoms with Gasteiger partial charge in [-0.2, -0.15) is 0 Å². The molecule has 134 valence electrons. The summed E-state index contributed by atoms with van der Waals surface area (Å²) < 4.78 is 5.72. The molecular weight excluding hydrogens is 419 g/mol. The maximum atomic E-state index is 6.13. The van der Waals surface area contributed by atoms with Crippen LogP contribution in [0, 0.1) is 0 Å². The Morgan fingerprint density at radius 3 is 2.62 bits per heavy atom. The van der Waals surface area contributed by atoms with E-state index in [2.05, 4.69) is 24.8 Å².